The van der Waals surface area contributed by atoms with Crippen LogP contribution in [0.15, 0.2) is 11.6 Å². The van der Waals surface area contributed by atoms with Gasteiger partial charge >= 0.3 is 0 Å². The first-order valence-electron chi connectivity index (χ1n) is 4.36. The smallest absolute Gasteiger partial charge is 0.0766 e. The highest BCUT2D eigenvalue weighted by Crippen LogP contribution is 2.39. The van der Waals surface area contributed by atoms with Crippen LogP contribution in [-0.2, 0) is 0 Å². The van der Waals surface area contributed by atoms with Gasteiger partial charge in [0.2, 0.25) is 0 Å². The zero-order chi connectivity index (χ0) is 8.65. The number of hydrogen-bond acceptors (Lipinski definition) is 1. The summed E-state index contributed by atoms with van der Waals surface area (Å²) in [5, 5.41) is 10.2. The molecule has 1 nitrogen and oxygen atoms in total. The van der Waals surface area contributed by atoms with Gasteiger partial charge in [0, 0.05) is 5.92 Å². The number of aliphatic hydroxyl groups is 1. The van der Waals surface area contributed by atoms with Crippen molar-refractivity contribution in [2.24, 2.45) is 11.8 Å². The molecule has 2 unspecified atom stereocenters. The van der Waals surface area contributed by atoms with E-state index in [1.54, 1.807) is 0 Å². The quantitative estimate of drug-likeness (QED) is 0.575. The minimum absolute atomic E-state index is 0.322. The van der Waals surface area contributed by atoms with Gasteiger partial charge in [0.05, 0.1) is 5.60 Å². The summed E-state index contributed by atoms with van der Waals surface area (Å²) in [7, 11) is 0. The van der Waals surface area contributed by atoms with Gasteiger partial charge in [-0.15, -0.1) is 0 Å². The lowest BCUT2D eigenvalue weighted by atomic mass is 9.81. The van der Waals surface area contributed by atoms with Crippen molar-refractivity contribution in [3.8, 4) is 0 Å². The predicted molar refractivity (Wildman–Crippen MR) is 47.3 cm³/mol. The van der Waals surface area contributed by atoms with Crippen LogP contribution in [0, 0.1) is 11.8 Å². The summed E-state index contributed by atoms with van der Waals surface area (Å²) in [5.41, 5.74) is 0.859. The van der Waals surface area contributed by atoms with Crippen molar-refractivity contribution in [2.45, 2.75) is 39.7 Å². The van der Waals surface area contributed by atoms with Gasteiger partial charge in [0.25, 0.3) is 0 Å². The van der Waals surface area contributed by atoms with Crippen molar-refractivity contribution >= 4 is 0 Å². The van der Waals surface area contributed by atoms with Crippen LogP contribution in [0.5, 0.6) is 0 Å². The molecule has 1 heteroatoms. The van der Waals surface area contributed by atoms with E-state index in [2.05, 4.69) is 33.8 Å². The summed E-state index contributed by atoms with van der Waals surface area (Å²) < 4.78 is 0. The van der Waals surface area contributed by atoms with Gasteiger partial charge < -0.3 is 5.11 Å². The van der Waals surface area contributed by atoms with Crippen molar-refractivity contribution in [3.63, 3.8) is 0 Å². The van der Waals surface area contributed by atoms with E-state index >= 15 is 0 Å². The van der Waals surface area contributed by atoms with Crippen molar-refractivity contribution < 1.29 is 5.11 Å². The van der Waals surface area contributed by atoms with Gasteiger partial charge in [-0.3, -0.25) is 0 Å². The normalized spacial score (nSPS) is 38.0. The van der Waals surface area contributed by atoms with Crippen LogP contribution < -0.4 is 0 Å². The second kappa shape index (κ2) is 2.63. The van der Waals surface area contributed by atoms with Gasteiger partial charge in [-0.05, 0) is 19.3 Å². The third-order valence-corrected chi connectivity index (χ3v) is 2.88. The van der Waals surface area contributed by atoms with Crippen LogP contribution in [0.1, 0.15) is 34.1 Å². The molecule has 2 atom stereocenters. The van der Waals surface area contributed by atoms with E-state index in [1.807, 2.05) is 0 Å². The molecule has 0 bridgehead atoms. The summed E-state index contributed by atoms with van der Waals surface area (Å²) in [5.74, 6) is 0.675. The van der Waals surface area contributed by atoms with Crippen LogP contribution in [-0.4, -0.2) is 10.7 Å². The summed E-state index contributed by atoms with van der Waals surface area (Å²) in [6.45, 7) is 8.36. The lowest BCUT2D eigenvalue weighted by molar-refractivity contribution is -0.0269. The molecule has 1 aliphatic carbocycles. The predicted octanol–water partition coefficient (Wildman–Crippen LogP) is 2.36. The molecule has 0 saturated heterocycles. The fourth-order valence-electron chi connectivity index (χ4n) is 1.97. The highest BCUT2D eigenvalue weighted by Gasteiger charge is 2.39. The minimum Gasteiger partial charge on any atom is -0.389 e. The molecule has 0 heterocycles. The average molecular weight is 154 g/mol. The molecule has 1 rings (SSSR count). The number of hydrogen-bond donors (Lipinski definition) is 1. The Balaban J connectivity index is 2.78. The van der Waals surface area contributed by atoms with Gasteiger partial charge in [-0.2, -0.15) is 0 Å². The van der Waals surface area contributed by atoms with Crippen LogP contribution >= 0.6 is 0 Å². The van der Waals surface area contributed by atoms with E-state index in [0.29, 0.717) is 11.8 Å². The Labute approximate surface area is 69.1 Å². The third-order valence-electron chi connectivity index (χ3n) is 2.88. The van der Waals surface area contributed by atoms with E-state index in [9.17, 15) is 5.11 Å². The molecular formula is C10H18O. The van der Waals surface area contributed by atoms with Gasteiger partial charge in [-0.25, -0.2) is 0 Å². The Morgan fingerprint density at radius 2 is 2.18 bits per heavy atom. The van der Waals surface area contributed by atoms with Crippen LogP contribution in [0.25, 0.3) is 0 Å². The fraction of sp³-hybridized carbons (Fsp3) is 0.800. The summed E-state index contributed by atoms with van der Waals surface area (Å²) in [6.07, 6.45) is 3.03. The minimum atomic E-state index is -0.468. The lowest BCUT2D eigenvalue weighted by Crippen LogP contribution is -2.38. The molecule has 0 aromatic heterocycles. The zero-order valence-electron chi connectivity index (χ0n) is 7.89. The molecule has 0 saturated carbocycles. The molecule has 0 spiro atoms. The summed E-state index contributed by atoms with van der Waals surface area (Å²) in [6, 6.07) is 0. The first-order chi connectivity index (χ1) is 4.97. The molecule has 0 fully saturated rings. The number of rotatable bonds is 1. The Hall–Kier alpha value is -0.300. The molecule has 0 aliphatic heterocycles. The van der Waals surface area contributed by atoms with Crippen molar-refractivity contribution in [2.75, 3.05) is 0 Å². The second-order valence-corrected chi connectivity index (χ2v) is 4.12. The highest BCUT2D eigenvalue weighted by molar-refractivity contribution is 5.17. The second-order valence-electron chi connectivity index (χ2n) is 4.12. The SMILES string of the molecule is CC1=CC(C)C(O)(C(C)C)C1. The Kier molecular flexibility index (Phi) is 2.10. The first-order valence-corrected chi connectivity index (χ1v) is 4.36. The van der Waals surface area contributed by atoms with Gasteiger partial charge in [0.15, 0.2) is 0 Å². The standard InChI is InChI=1S/C10H18O/c1-7(2)10(11)6-8(3)5-9(10)4/h5,7,9,11H,6H2,1-4H3. The molecule has 0 aromatic carbocycles. The van der Waals surface area contributed by atoms with E-state index < -0.39 is 5.60 Å². The van der Waals surface area contributed by atoms with Crippen molar-refractivity contribution in [3.05, 3.63) is 11.6 Å². The van der Waals surface area contributed by atoms with E-state index in [1.165, 1.54) is 5.57 Å². The molecule has 0 radical (unpaired) electrons. The third kappa shape index (κ3) is 1.34. The molecule has 1 aliphatic rings. The van der Waals surface area contributed by atoms with Crippen LogP contribution in [0.4, 0.5) is 0 Å². The fourth-order valence-corrected chi connectivity index (χ4v) is 1.97. The molecular weight excluding hydrogens is 136 g/mol. The van der Waals surface area contributed by atoms with Gasteiger partial charge in [-0.1, -0.05) is 32.4 Å². The van der Waals surface area contributed by atoms with Crippen molar-refractivity contribution in [1.29, 1.82) is 0 Å². The lowest BCUT2D eigenvalue weighted by Gasteiger charge is -2.32. The summed E-state index contributed by atoms with van der Waals surface area (Å²) >= 11 is 0. The highest BCUT2D eigenvalue weighted by atomic mass is 16.3. The Bertz CT molecular complexity index is 181. The molecule has 1 N–H and O–H groups in total. The molecule has 64 valence electrons. The first kappa shape index (κ1) is 8.79. The van der Waals surface area contributed by atoms with E-state index in [-0.39, 0.29) is 0 Å². The Morgan fingerprint density at radius 1 is 1.64 bits per heavy atom. The maximum absolute atomic E-state index is 10.2. The maximum atomic E-state index is 10.2. The largest absolute Gasteiger partial charge is 0.389 e. The average Bonchev–Trinajstić information content (AvgIpc) is 2.08. The van der Waals surface area contributed by atoms with E-state index in [0.717, 1.165) is 6.42 Å². The molecule has 11 heavy (non-hydrogen) atoms. The Morgan fingerprint density at radius 3 is 2.36 bits per heavy atom. The molecule has 0 amide bonds. The molecule has 0 aromatic rings. The van der Waals surface area contributed by atoms with Gasteiger partial charge in [0.1, 0.15) is 0 Å². The maximum Gasteiger partial charge on any atom is 0.0766 e. The monoisotopic (exact) mass is 154 g/mol. The van der Waals surface area contributed by atoms with E-state index in [4.69, 9.17) is 0 Å². The van der Waals surface area contributed by atoms with Crippen LogP contribution in [0.3, 0.4) is 0 Å². The van der Waals surface area contributed by atoms with Crippen molar-refractivity contribution in [1.82, 2.24) is 0 Å². The zero-order valence-corrected chi connectivity index (χ0v) is 7.89. The van der Waals surface area contributed by atoms with Crippen LogP contribution in [0.2, 0.25) is 0 Å². The topological polar surface area (TPSA) is 20.2 Å². The summed E-state index contributed by atoms with van der Waals surface area (Å²) in [4.78, 5) is 0.